The lowest BCUT2D eigenvalue weighted by atomic mass is 9.98. The molecule has 1 heterocycles. The monoisotopic (exact) mass is 208 g/mol. The van der Waals surface area contributed by atoms with Crippen molar-refractivity contribution < 1.29 is 0 Å². The molecular formula is C13H24N2. The number of hydrogen-bond acceptors (Lipinski definition) is 2. The van der Waals surface area contributed by atoms with Crippen molar-refractivity contribution >= 4 is 5.71 Å². The van der Waals surface area contributed by atoms with E-state index in [0.717, 1.165) is 6.54 Å². The first-order valence-electron chi connectivity index (χ1n) is 6.25. The van der Waals surface area contributed by atoms with Gasteiger partial charge in [0.25, 0.3) is 0 Å². The van der Waals surface area contributed by atoms with Gasteiger partial charge in [0, 0.05) is 31.4 Å². The quantitative estimate of drug-likeness (QED) is 0.696. The van der Waals surface area contributed by atoms with Crippen LogP contribution in [0.25, 0.3) is 0 Å². The zero-order chi connectivity index (χ0) is 11.1. The molecule has 0 spiro atoms. The van der Waals surface area contributed by atoms with Crippen LogP contribution in [-0.4, -0.2) is 36.3 Å². The second kappa shape index (κ2) is 3.58. The Morgan fingerprint density at radius 1 is 1.40 bits per heavy atom. The molecule has 2 aliphatic rings. The molecule has 2 fully saturated rings. The van der Waals surface area contributed by atoms with Crippen LogP contribution in [0.2, 0.25) is 0 Å². The minimum absolute atomic E-state index is 0.508. The first kappa shape index (κ1) is 11.1. The molecule has 0 aromatic heterocycles. The van der Waals surface area contributed by atoms with Gasteiger partial charge in [0.05, 0.1) is 0 Å². The molecule has 2 rings (SSSR count). The molecule has 1 atom stereocenters. The van der Waals surface area contributed by atoms with Gasteiger partial charge in [-0.05, 0) is 24.7 Å². The van der Waals surface area contributed by atoms with Gasteiger partial charge >= 0.3 is 0 Å². The molecule has 1 saturated carbocycles. The SMILES string of the molecule is CCCC1(N2CC/C(=N\C)C2)CC1(C)C. The molecule has 1 aliphatic heterocycles. The van der Waals surface area contributed by atoms with E-state index in [1.54, 1.807) is 0 Å². The Bertz CT molecular complexity index is 280. The Morgan fingerprint density at radius 2 is 2.07 bits per heavy atom. The average Bonchev–Trinajstić information content (AvgIpc) is 2.63. The van der Waals surface area contributed by atoms with Crippen molar-refractivity contribution in [2.45, 2.75) is 52.0 Å². The van der Waals surface area contributed by atoms with Crippen molar-refractivity contribution in [1.82, 2.24) is 4.90 Å². The predicted octanol–water partition coefficient (Wildman–Crippen LogP) is 2.73. The first-order valence-corrected chi connectivity index (χ1v) is 6.25. The third kappa shape index (κ3) is 1.63. The summed E-state index contributed by atoms with van der Waals surface area (Å²) in [7, 11) is 1.93. The summed E-state index contributed by atoms with van der Waals surface area (Å²) in [6.07, 6.45) is 5.23. The summed E-state index contributed by atoms with van der Waals surface area (Å²) in [4.78, 5) is 7.06. The highest BCUT2D eigenvalue weighted by atomic mass is 15.3. The van der Waals surface area contributed by atoms with Crippen molar-refractivity contribution in [3.63, 3.8) is 0 Å². The maximum Gasteiger partial charge on any atom is 0.0369 e. The Balaban J connectivity index is 2.09. The van der Waals surface area contributed by atoms with E-state index in [2.05, 4.69) is 30.7 Å². The molecule has 0 bridgehead atoms. The molecule has 0 aromatic carbocycles. The van der Waals surface area contributed by atoms with Crippen LogP contribution in [0.3, 0.4) is 0 Å². The van der Waals surface area contributed by atoms with Crippen molar-refractivity contribution in [2.24, 2.45) is 10.4 Å². The van der Waals surface area contributed by atoms with Crippen LogP contribution in [0.4, 0.5) is 0 Å². The number of nitrogens with zero attached hydrogens (tertiary/aromatic N) is 2. The lowest BCUT2D eigenvalue weighted by Gasteiger charge is -2.30. The Hall–Kier alpha value is -0.370. The second-order valence-corrected chi connectivity index (χ2v) is 5.80. The highest BCUT2D eigenvalue weighted by Crippen LogP contribution is 2.62. The fourth-order valence-electron chi connectivity index (χ4n) is 3.42. The summed E-state index contributed by atoms with van der Waals surface area (Å²) < 4.78 is 0. The summed E-state index contributed by atoms with van der Waals surface area (Å²) >= 11 is 0. The van der Waals surface area contributed by atoms with E-state index in [1.807, 2.05) is 7.05 Å². The molecule has 0 N–H and O–H groups in total. The van der Waals surface area contributed by atoms with Gasteiger partial charge < -0.3 is 0 Å². The smallest absolute Gasteiger partial charge is 0.0369 e. The van der Waals surface area contributed by atoms with Gasteiger partial charge in [-0.2, -0.15) is 0 Å². The van der Waals surface area contributed by atoms with Crippen LogP contribution in [-0.2, 0) is 0 Å². The van der Waals surface area contributed by atoms with Gasteiger partial charge in [-0.25, -0.2) is 0 Å². The average molecular weight is 208 g/mol. The largest absolute Gasteiger partial charge is 0.296 e. The Morgan fingerprint density at radius 3 is 2.47 bits per heavy atom. The summed E-state index contributed by atoms with van der Waals surface area (Å²) in [5.74, 6) is 0. The van der Waals surface area contributed by atoms with E-state index in [1.165, 1.54) is 37.9 Å². The first-order chi connectivity index (χ1) is 7.05. The van der Waals surface area contributed by atoms with Gasteiger partial charge in [-0.3, -0.25) is 9.89 Å². The van der Waals surface area contributed by atoms with E-state index in [4.69, 9.17) is 0 Å². The normalized spacial score (nSPS) is 37.5. The van der Waals surface area contributed by atoms with Crippen LogP contribution in [0, 0.1) is 5.41 Å². The molecule has 86 valence electrons. The van der Waals surface area contributed by atoms with E-state index in [9.17, 15) is 0 Å². The van der Waals surface area contributed by atoms with E-state index >= 15 is 0 Å². The third-order valence-corrected chi connectivity index (χ3v) is 4.50. The Labute approximate surface area is 93.8 Å². The fourth-order valence-corrected chi connectivity index (χ4v) is 3.42. The standard InChI is InChI=1S/C13H24N2/c1-5-7-13(10-12(13,2)3)15-8-6-11(9-15)14-4/h5-10H2,1-4H3/b14-11+. The molecule has 1 aliphatic carbocycles. The predicted molar refractivity (Wildman–Crippen MR) is 65.6 cm³/mol. The van der Waals surface area contributed by atoms with Crippen molar-refractivity contribution in [1.29, 1.82) is 0 Å². The molecule has 15 heavy (non-hydrogen) atoms. The maximum absolute atomic E-state index is 4.36. The van der Waals surface area contributed by atoms with E-state index in [-0.39, 0.29) is 0 Å². The van der Waals surface area contributed by atoms with Gasteiger partial charge in [-0.15, -0.1) is 0 Å². The van der Waals surface area contributed by atoms with Crippen LogP contribution in [0.15, 0.2) is 4.99 Å². The number of likely N-dealkylation sites (tertiary alicyclic amines) is 1. The fraction of sp³-hybridized carbons (Fsp3) is 0.923. The zero-order valence-corrected chi connectivity index (χ0v) is 10.6. The van der Waals surface area contributed by atoms with Crippen LogP contribution in [0.5, 0.6) is 0 Å². The summed E-state index contributed by atoms with van der Waals surface area (Å²) in [5.41, 5.74) is 2.44. The lowest BCUT2D eigenvalue weighted by Crippen LogP contribution is -2.39. The highest BCUT2D eigenvalue weighted by molar-refractivity contribution is 5.88. The van der Waals surface area contributed by atoms with Gasteiger partial charge in [0.2, 0.25) is 0 Å². The minimum Gasteiger partial charge on any atom is -0.296 e. The lowest BCUT2D eigenvalue weighted by molar-refractivity contribution is 0.173. The Kier molecular flexibility index (Phi) is 2.66. The summed E-state index contributed by atoms with van der Waals surface area (Å²) in [6.45, 7) is 9.50. The number of hydrogen-bond donors (Lipinski definition) is 0. The van der Waals surface area contributed by atoms with Crippen LogP contribution in [0.1, 0.15) is 46.5 Å². The summed E-state index contributed by atoms with van der Waals surface area (Å²) in [6, 6.07) is 0. The van der Waals surface area contributed by atoms with Gasteiger partial charge in [0.15, 0.2) is 0 Å². The molecule has 0 radical (unpaired) electrons. The van der Waals surface area contributed by atoms with Gasteiger partial charge in [0.1, 0.15) is 0 Å². The van der Waals surface area contributed by atoms with Crippen molar-refractivity contribution in [3.8, 4) is 0 Å². The molecule has 0 amide bonds. The van der Waals surface area contributed by atoms with Gasteiger partial charge in [-0.1, -0.05) is 27.2 Å². The maximum atomic E-state index is 4.36. The molecule has 2 heteroatoms. The molecule has 1 saturated heterocycles. The van der Waals surface area contributed by atoms with E-state index < -0.39 is 0 Å². The molecule has 0 aromatic rings. The third-order valence-electron chi connectivity index (χ3n) is 4.50. The molecular weight excluding hydrogens is 184 g/mol. The van der Waals surface area contributed by atoms with Crippen molar-refractivity contribution in [3.05, 3.63) is 0 Å². The van der Waals surface area contributed by atoms with E-state index in [0.29, 0.717) is 11.0 Å². The molecule has 1 unspecified atom stereocenters. The topological polar surface area (TPSA) is 15.6 Å². The zero-order valence-electron chi connectivity index (χ0n) is 10.6. The summed E-state index contributed by atoms with van der Waals surface area (Å²) in [5, 5.41) is 0. The highest BCUT2D eigenvalue weighted by Gasteiger charge is 2.63. The number of aliphatic imine (C=N–C) groups is 1. The van der Waals surface area contributed by atoms with Crippen LogP contribution >= 0.6 is 0 Å². The number of rotatable bonds is 3. The van der Waals surface area contributed by atoms with Crippen LogP contribution < -0.4 is 0 Å². The van der Waals surface area contributed by atoms with Crippen molar-refractivity contribution in [2.75, 3.05) is 20.1 Å². The second-order valence-electron chi connectivity index (χ2n) is 5.80. The molecule has 2 nitrogen and oxygen atoms in total. The minimum atomic E-state index is 0.508.